The van der Waals surface area contributed by atoms with Gasteiger partial charge in [-0.15, -0.1) is 10.2 Å². The van der Waals surface area contributed by atoms with Gasteiger partial charge in [0.2, 0.25) is 5.89 Å². The number of benzene rings is 1. The number of aliphatic carboxylic acids is 1. The Morgan fingerprint density at radius 3 is 2.84 bits per heavy atom. The van der Waals surface area contributed by atoms with Crippen molar-refractivity contribution in [3.05, 3.63) is 36.2 Å². The molecule has 0 unspecified atom stereocenters. The predicted molar refractivity (Wildman–Crippen MR) is 65.5 cm³/mol. The highest BCUT2D eigenvalue weighted by molar-refractivity contribution is 5.81. The van der Waals surface area contributed by atoms with Crippen LogP contribution >= 0.6 is 0 Å². The number of para-hydroxylation sites is 1. The first-order valence-electron chi connectivity index (χ1n) is 5.75. The van der Waals surface area contributed by atoms with Gasteiger partial charge >= 0.3 is 5.97 Å². The van der Waals surface area contributed by atoms with Gasteiger partial charge in [0.15, 0.2) is 5.76 Å². The molecule has 96 valence electrons. The van der Waals surface area contributed by atoms with Crippen LogP contribution in [0.1, 0.15) is 12.3 Å². The first kappa shape index (κ1) is 11.5. The van der Waals surface area contributed by atoms with E-state index in [0.29, 0.717) is 5.76 Å². The molecule has 0 bridgehead atoms. The Morgan fingerprint density at radius 2 is 2.05 bits per heavy atom. The molecule has 1 aromatic carbocycles. The summed E-state index contributed by atoms with van der Waals surface area (Å²) in [4.78, 5) is 10.5. The molecule has 0 atom stereocenters. The fraction of sp³-hybridized carbons (Fsp3) is 0.154. The van der Waals surface area contributed by atoms with E-state index >= 15 is 0 Å². The molecule has 0 aliphatic carbocycles. The Morgan fingerprint density at radius 1 is 1.21 bits per heavy atom. The number of aromatic nitrogens is 2. The molecule has 0 amide bonds. The van der Waals surface area contributed by atoms with Gasteiger partial charge in [-0.25, -0.2) is 0 Å². The SMILES string of the molecule is O=C(O)CCc1nnc(-c2cc3ccccc3o2)o1. The normalized spacial score (nSPS) is 10.9. The summed E-state index contributed by atoms with van der Waals surface area (Å²) in [5.74, 6) is 0.133. The molecule has 0 radical (unpaired) electrons. The average molecular weight is 258 g/mol. The Labute approximate surface area is 107 Å². The Kier molecular flexibility index (Phi) is 2.75. The fourth-order valence-corrected chi connectivity index (χ4v) is 1.76. The number of hydrogen-bond acceptors (Lipinski definition) is 5. The Balaban J connectivity index is 1.87. The van der Waals surface area contributed by atoms with Gasteiger partial charge in [0.05, 0.1) is 6.42 Å². The minimum absolute atomic E-state index is 0.0399. The lowest BCUT2D eigenvalue weighted by atomic mass is 10.2. The molecule has 0 aliphatic rings. The van der Waals surface area contributed by atoms with Gasteiger partial charge in [-0.3, -0.25) is 4.79 Å². The van der Waals surface area contributed by atoms with Crippen molar-refractivity contribution < 1.29 is 18.7 Å². The molecule has 0 saturated carbocycles. The summed E-state index contributed by atoms with van der Waals surface area (Å²) in [5, 5.41) is 17.2. The molecule has 1 N–H and O–H groups in total. The molecule has 3 rings (SSSR count). The minimum Gasteiger partial charge on any atom is -0.481 e. The van der Waals surface area contributed by atoms with Crippen LogP contribution in [0.2, 0.25) is 0 Å². The fourth-order valence-electron chi connectivity index (χ4n) is 1.76. The van der Waals surface area contributed by atoms with Crippen LogP contribution in [-0.2, 0) is 11.2 Å². The van der Waals surface area contributed by atoms with E-state index in [-0.39, 0.29) is 24.6 Å². The van der Waals surface area contributed by atoms with Crippen molar-refractivity contribution in [1.82, 2.24) is 10.2 Å². The van der Waals surface area contributed by atoms with Crippen molar-refractivity contribution in [3.63, 3.8) is 0 Å². The monoisotopic (exact) mass is 258 g/mol. The zero-order chi connectivity index (χ0) is 13.2. The average Bonchev–Trinajstić information content (AvgIpc) is 3.02. The van der Waals surface area contributed by atoms with Crippen molar-refractivity contribution in [3.8, 4) is 11.7 Å². The van der Waals surface area contributed by atoms with Gasteiger partial charge in [-0.05, 0) is 12.1 Å². The summed E-state index contributed by atoms with van der Waals surface area (Å²) in [6, 6.07) is 9.36. The summed E-state index contributed by atoms with van der Waals surface area (Å²) in [6.07, 6.45) is 0.171. The third-order valence-corrected chi connectivity index (χ3v) is 2.66. The number of furan rings is 1. The lowest BCUT2D eigenvalue weighted by Gasteiger charge is -1.89. The van der Waals surface area contributed by atoms with Gasteiger partial charge < -0.3 is 13.9 Å². The molecule has 0 aliphatic heterocycles. The summed E-state index contributed by atoms with van der Waals surface area (Å²) in [5.41, 5.74) is 0.739. The molecule has 6 nitrogen and oxygen atoms in total. The maximum atomic E-state index is 10.5. The molecule has 0 spiro atoms. The number of carboxylic acids is 1. The van der Waals surface area contributed by atoms with Crippen molar-refractivity contribution in [2.24, 2.45) is 0 Å². The number of rotatable bonds is 4. The molecule has 0 fully saturated rings. The number of fused-ring (bicyclic) bond motifs is 1. The van der Waals surface area contributed by atoms with Gasteiger partial charge in [-0.2, -0.15) is 0 Å². The van der Waals surface area contributed by atoms with Crippen LogP contribution in [0.25, 0.3) is 22.6 Å². The molecule has 6 heteroatoms. The standard InChI is InChI=1S/C13H10N2O4/c16-12(17)6-5-11-14-15-13(19-11)10-7-8-3-1-2-4-9(8)18-10/h1-4,7H,5-6H2,(H,16,17). The van der Waals surface area contributed by atoms with Gasteiger partial charge in [-0.1, -0.05) is 18.2 Å². The molecule has 19 heavy (non-hydrogen) atoms. The maximum absolute atomic E-state index is 10.5. The first-order valence-corrected chi connectivity index (χ1v) is 5.75. The second-order valence-corrected chi connectivity index (χ2v) is 4.04. The van der Waals surface area contributed by atoms with Crippen molar-refractivity contribution in [1.29, 1.82) is 0 Å². The van der Waals surface area contributed by atoms with Crippen LogP contribution in [0.5, 0.6) is 0 Å². The molecule has 3 aromatic rings. The first-order chi connectivity index (χ1) is 9.22. The van der Waals surface area contributed by atoms with Gasteiger partial charge in [0.25, 0.3) is 5.89 Å². The highest BCUT2D eigenvalue weighted by Crippen LogP contribution is 2.26. The zero-order valence-corrected chi connectivity index (χ0v) is 9.87. The summed E-state index contributed by atoms with van der Waals surface area (Å²) >= 11 is 0. The highest BCUT2D eigenvalue weighted by atomic mass is 16.4. The Hall–Kier alpha value is -2.63. The summed E-state index contributed by atoms with van der Waals surface area (Å²) in [6.45, 7) is 0. The second kappa shape index (κ2) is 4.56. The smallest absolute Gasteiger partial charge is 0.303 e. The van der Waals surface area contributed by atoms with E-state index in [4.69, 9.17) is 13.9 Å². The number of hydrogen-bond donors (Lipinski definition) is 1. The van der Waals surface area contributed by atoms with E-state index in [9.17, 15) is 4.79 Å². The van der Waals surface area contributed by atoms with E-state index < -0.39 is 5.97 Å². The second-order valence-electron chi connectivity index (χ2n) is 4.04. The number of carboxylic acid groups (broad SMARTS) is 1. The van der Waals surface area contributed by atoms with Gasteiger partial charge in [0.1, 0.15) is 5.58 Å². The molecule has 2 heterocycles. The van der Waals surface area contributed by atoms with Crippen LogP contribution in [-0.4, -0.2) is 21.3 Å². The lowest BCUT2D eigenvalue weighted by Crippen LogP contribution is -1.97. The molecule has 2 aromatic heterocycles. The van der Waals surface area contributed by atoms with Crippen molar-refractivity contribution in [2.75, 3.05) is 0 Å². The third-order valence-electron chi connectivity index (χ3n) is 2.66. The van der Waals surface area contributed by atoms with Crippen LogP contribution in [0.4, 0.5) is 0 Å². The predicted octanol–water partition coefficient (Wildman–Crippen LogP) is 2.50. The summed E-state index contributed by atoms with van der Waals surface area (Å²) < 4.78 is 11.0. The van der Waals surface area contributed by atoms with Crippen LogP contribution in [0, 0.1) is 0 Å². The summed E-state index contributed by atoms with van der Waals surface area (Å²) in [7, 11) is 0. The van der Waals surface area contributed by atoms with Gasteiger partial charge in [0, 0.05) is 11.8 Å². The van der Waals surface area contributed by atoms with Crippen LogP contribution < -0.4 is 0 Å². The maximum Gasteiger partial charge on any atom is 0.303 e. The van der Waals surface area contributed by atoms with Crippen molar-refractivity contribution >= 4 is 16.9 Å². The van der Waals surface area contributed by atoms with E-state index in [0.717, 1.165) is 11.0 Å². The van der Waals surface area contributed by atoms with E-state index in [1.54, 1.807) is 0 Å². The number of aryl methyl sites for hydroxylation is 1. The quantitative estimate of drug-likeness (QED) is 0.773. The highest BCUT2D eigenvalue weighted by Gasteiger charge is 2.14. The Bertz CT molecular complexity index is 696. The largest absolute Gasteiger partial charge is 0.481 e. The number of carbonyl (C=O) groups is 1. The zero-order valence-electron chi connectivity index (χ0n) is 9.87. The topological polar surface area (TPSA) is 89.4 Å². The third kappa shape index (κ3) is 2.33. The van der Waals surface area contributed by atoms with Crippen LogP contribution in [0.15, 0.2) is 39.2 Å². The number of nitrogens with zero attached hydrogens (tertiary/aromatic N) is 2. The minimum atomic E-state index is -0.900. The van der Waals surface area contributed by atoms with E-state index in [1.165, 1.54) is 0 Å². The van der Waals surface area contributed by atoms with Crippen molar-refractivity contribution in [2.45, 2.75) is 12.8 Å². The molecule has 0 saturated heterocycles. The molecular formula is C13H10N2O4. The molecular weight excluding hydrogens is 248 g/mol. The van der Waals surface area contributed by atoms with Crippen LogP contribution in [0.3, 0.4) is 0 Å². The van der Waals surface area contributed by atoms with E-state index in [2.05, 4.69) is 10.2 Å². The lowest BCUT2D eigenvalue weighted by molar-refractivity contribution is -0.137. The van der Waals surface area contributed by atoms with E-state index in [1.807, 2.05) is 30.3 Å².